The summed E-state index contributed by atoms with van der Waals surface area (Å²) in [6.07, 6.45) is 1.25. The maximum Gasteiger partial charge on any atom is 0.255 e. The van der Waals surface area contributed by atoms with Gasteiger partial charge in [0, 0.05) is 10.0 Å². The van der Waals surface area contributed by atoms with Crippen molar-refractivity contribution in [3.63, 3.8) is 0 Å². The van der Waals surface area contributed by atoms with Crippen LogP contribution in [-0.4, -0.2) is 32.2 Å². The summed E-state index contributed by atoms with van der Waals surface area (Å²) in [5, 5.41) is 13.3. The van der Waals surface area contributed by atoms with Crippen LogP contribution in [0.4, 0.5) is 0 Å². The highest BCUT2D eigenvalue weighted by atomic mass is 79.9. The summed E-state index contributed by atoms with van der Waals surface area (Å²) >= 11 is 3.25. The van der Waals surface area contributed by atoms with Crippen LogP contribution >= 0.6 is 15.9 Å². The number of nitrogens with zero attached hydrogens (tertiary/aromatic N) is 1. The minimum Gasteiger partial charge on any atom is -0.507 e. The number of amides is 1. The number of carbonyl (C=O) groups is 1. The molecule has 2 aromatic carbocycles. The van der Waals surface area contributed by atoms with Gasteiger partial charge in [0.1, 0.15) is 5.75 Å². The number of sulfonamides is 1. The van der Waals surface area contributed by atoms with Crippen LogP contribution in [0.1, 0.15) is 5.56 Å². The molecule has 0 saturated heterocycles. The fourth-order valence-electron chi connectivity index (χ4n) is 1.69. The van der Waals surface area contributed by atoms with E-state index in [0.717, 1.165) is 4.47 Å². The minimum absolute atomic E-state index is 0.000907. The van der Waals surface area contributed by atoms with E-state index < -0.39 is 22.5 Å². The third kappa shape index (κ3) is 5.15. The van der Waals surface area contributed by atoms with E-state index >= 15 is 0 Å². The molecule has 0 aliphatic rings. The second kappa shape index (κ2) is 8.04. The average Bonchev–Trinajstić information content (AvgIpc) is 2.57. The summed E-state index contributed by atoms with van der Waals surface area (Å²) < 4.78 is 26.8. The first kappa shape index (κ1) is 18.1. The smallest absolute Gasteiger partial charge is 0.255 e. The number of hydrogen-bond donors (Lipinski definition) is 3. The normalized spacial score (nSPS) is 11.5. The van der Waals surface area contributed by atoms with Crippen LogP contribution in [0.5, 0.6) is 5.75 Å². The number of rotatable bonds is 6. The van der Waals surface area contributed by atoms with E-state index in [-0.39, 0.29) is 10.6 Å². The molecule has 0 radical (unpaired) electrons. The molecule has 7 nitrogen and oxygen atoms in total. The Balaban J connectivity index is 1.90. The van der Waals surface area contributed by atoms with E-state index in [1.165, 1.54) is 24.4 Å². The minimum atomic E-state index is -3.75. The van der Waals surface area contributed by atoms with Crippen molar-refractivity contribution in [3.8, 4) is 5.75 Å². The molecule has 0 aliphatic carbocycles. The van der Waals surface area contributed by atoms with Crippen LogP contribution in [0, 0.1) is 0 Å². The lowest BCUT2D eigenvalue weighted by Gasteiger charge is -2.05. The maximum atomic E-state index is 11.9. The molecule has 0 fully saturated rings. The van der Waals surface area contributed by atoms with E-state index in [0.29, 0.717) is 5.56 Å². The summed E-state index contributed by atoms with van der Waals surface area (Å²) in [7, 11) is -3.75. The Morgan fingerprint density at radius 1 is 1.21 bits per heavy atom. The number of carbonyl (C=O) groups excluding carboxylic acids is 1. The number of benzene rings is 2. The molecule has 3 N–H and O–H groups in total. The van der Waals surface area contributed by atoms with Crippen molar-refractivity contribution in [1.29, 1.82) is 0 Å². The van der Waals surface area contributed by atoms with Crippen molar-refractivity contribution in [2.24, 2.45) is 5.10 Å². The van der Waals surface area contributed by atoms with Crippen LogP contribution in [0.3, 0.4) is 0 Å². The molecule has 2 rings (SSSR count). The fraction of sp³-hybridized carbons (Fsp3) is 0.0667. The van der Waals surface area contributed by atoms with Gasteiger partial charge in [0.25, 0.3) is 5.91 Å². The molecule has 2 aromatic rings. The Morgan fingerprint density at radius 3 is 2.62 bits per heavy atom. The SMILES string of the molecule is O=C(CNS(=O)(=O)c1ccccc1)N/N=C/c1cc(Br)ccc1O. The Bertz CT molecular complexity index is 854. The molecule has 1 amide bonds. The topological polar surface area (TPSA) is 108 Å². The first-order valence-electron chi connectivity index (χ1n) is 6.73. The van der Waals surface area contributed by atoms with Crippen LogP contribution in [0.25, 0.3) is 0 Å². The van der Waals surface area contributed by atoms with Crippen molar-refractivity contribution >= 4 is 38.1 Å². The number of halogens is 1. The third-order valence-corrected chi connectivity index (χ3v) is 4.77. The largest absolute Gasteiger partial charge is 0.507 e. The van der Waals surface area contributed by atoms with Crippen LogP contribution in [-0.2, 0) is 14.8 Å². The first-order chi connectivity index (χ1) is 11.4. The summed E-state index contributed by atoms with van der Waals surface area (Å²) in [5.41, 5.74) is 2.58. The van der Waals surface area contributed by atoms with Gasteiger partial charge in [-0.2, -0.15) is 5.10 Å². The molecule has 24 heavy (non-hydrogen) atoms. The van der Waals surface area contributed by atoms with Gasteiger partial charge in [0.15, 0.2) is 0 Å². The zero-order valence-electron chi connectivity index (χ0n) is 12.3. The molecular formula is C15H14BrN3O4S. The lowest BCUT2D eigenvalue weighted by molar-refractivity contribution is -0.119. The summed E-state index contributed by atoms with van der Waals surface area (Å²) in [6.45, 7) is -0.459. The predicted octanol–water partition coefficient (Wildman–Crippen LogP) is 1.58. The zero-order valence-corrected chi connectivity index (χ0v) is 14.7. The van der Waals surface area contributed by atoms with Gasteiger partial charge in [-0.05, 0) is 30.3 Å². The summed E-state index contributed by atoms with van der Waals surface area (Å²) in [5.74, 6) is -0.638. The summed E-state index contributed by atoms with van der Waals surface area (Å²) in [6, 6.07) is 12.5. The molecule has 9 heteroatoms. The van der Waals surface area contributed by atoms with Crippen molar-refractivity contribution in [2.45, 2.75) is 4.90 Å². The number of nitrogens with one attached hydrogen (secondary N) is 2. The maximum absolute atomic E-state index is 11.9. The number of phenols is 1. The number of aromatic hydroxyl groups is 1. The van der Waals surface area contributed by atoms with Gasteiger partial charge in [0.05, 0.1) is 17.7 Å². The molecule has 0 heterocycles. The molecule has 0 spiro atoms. The predicted molar refractivity (Wildman–Crippen MR) is 93.2 cm³/mol. The van der Waals surface area contributed by atoms with Gasteiger partial charge in [0.2, 0.25) is 10.0 Å². The lowest BCUT2D eigenvalue weighted by Crippen LogP contribution is -2.34. The summed E-state index contributed by atoms with van der Waals surface area (Å²) in [4.78, 5) is 11.7. The van der Waals surface area contributed by atoms with Crippen LogP contribution in [0.2, 0.25) is 0 Å². The van der Waals surface area contributed by atoms with Gasteiger partial charge in [-0.1, -0.05) is 34.1 Å². The Labute approximate surface area is 147 Å². The highest BCUT2D eigenvalue weighted by Gasteiger charge is 2.14. The van der Waals surface area contributed by atoms with E-state index in [1.54, 1.807) is 30.3 Å². The second-order valence-electron chi connectivity index (χ2n) is 4.63. The highest BCUT2D eigenvalue weighted by molar-refractivity contribution is 9.10. The van der Waals surface area contributed by atoms with E-state index in [4.69, 9.17) is 0 Å². The molecule has 0 unspecified atom stereocenters. The Morgan fingerprint density at radius 2 is 1.92 bits per heavy atom. The van der Waals surface area contributed by atoms with Crippen molar-refractivity contribution in [1.82, 2.24) is 10.1 Å². The molecule has 126 valence electrons. The molecule has 0 atom stereocenters. The molecular weight excluding hydrogens is 398 g/mol. The first-order valence-corrected chi connectivity index (χ1v) is 9.01. The van der Waals surface area contributed by atoms with Crippen molar-refractivity contribution < 1.29 is 18.3 Å². The van der Waals surface area contributed by atoms with Crippen LogP contribution < -0.4 is 10.1 Å². The number of hydrogen-bond acceptors (Lipinski definition) is 5. The quantitative estimate of drug-likeness (QED) is 0.495. The standard InChI is InChI=1S/C15H14BrN3O4S/c16-12-6-7-14(20)11(8-12)9-17-19-15(21)10-18-24(22,23)13-4-2-1-3-5-13/h1-9,18,20H,10H2,(H,19,21)/b17-9+. The van der Waals surface area contributed by atoms with E-state index in [2.05, 4.69) is 31.2 Å². The number of phenolic OH excluding ortho intramolecular Hbond substituents is 1. The Hall–Kier alpha value is -2.23. The lowest BCUT2D eigenvalue weighted by atomic mass is 10.2. The van der Waals surface area contributed by atoms with Gasteiger partial charge < -0.3 is 5.11 Å². The van der Waals surface area contributed by atoms with E-state index in [1.807, 2.05) is 0 Å². The Kier molecular flexibility index (Phi) is 6.07. The second-order valence-corrected chi connectivity index (χ2v) is 7.32. The van der Waals surface area contributed by atoms with Gasteiger partial charge in [-0.3, -0.25) is 4.79 Å². The van der Waals surface area contributed by atoms with Gasteiger partial charge in [-0.15, -0.1) is 0 Å². The highest BCUT2D eigenvalue weighted by Crippen LogP contribution is 2.19. The van der Waals surface area contributed by atoms with Gasteiger partial charge in [-0.25, -0.2) is 18.6 Å². The third-order valence-electron chi connectivity index (χ3n) is 2.86. The molecule has 0 bridgehead atoms. The molecule has 0 aromatic heterocycles. The molecule has 0 saturated carbocycles. The monoisotopic (exact) mass is 411 g/mol. The fourth-order valence-corrected chi connectivity index (χ4v) is 3.07. The average molecular weight is 412 g/mol. The van der Waals surface area contributed by atoms with Crippen molar-refractivity contribution in [3.05, 3.63) is 58.6 Å². The number of hydrazone groups is 1. The molecule has 0 aliphatic heterocycles. The van der Waals surface area contributed by atoms with E-state index in [9.17, 15) is 18.3 Å². The van der Waals surface area contributed by atoms with Crippen molar-refractivity contribution in [2.75, 3.05) is 6.54 Å². The van der Waals surface area contributed by atoms with Crippen LogP contribution in [0.15, 0.2) is 63.0 Å². The zero-order chi connectivity index (χ0) is 17.6. The van der Waals surface area contributed by atoms with Gasteiger partial charge >= 0.3 is 0 Å².